The summed E-state index contributed by atoms with van der Waals surface area (Å²) in [6, 6.07) is 5.49. The molecule has 0 fully saturated rings. The Labute approximate surface area is 89.2 Å². The quantitative estimate of drug-likeness (QED) is 0.739. The van der Waals surface area contributed by atoms with Crippen LogP contribution in [0.3, 0.4) is 0 Å². The molecule has 0 spiro atoms. The van der Waals surface area contributed by atoms with E-state index in [1.165, 1.54) is 0 Å². The van der Waals surface area contributed by atoms with Gasteiger partial charge in [-0.3, -0.25) is 4.99 Å². The zero-order valence-electron chi connectivity index (χ0n) is 8.93. The van der Waals surface area contributed by atoms with Gasteiger partial charge < -0.3 is 14.6 Å². The normalized spacial score (nSPS) is 10.6. The first-order valence-corrected chi connectivity index (χ1v) is 4.64. The number of benzene rings is 1. The Kier molecular flexibility index (Phi) is 4.63. The Morgan fingerprint density at radius 3 is 2.73 bits per heavy atom. The van der Waals surface area contributed by atoms with E-state index in [4.69, 9.17) is 14.6 Å². The maximum Gasteiger partial charge on any atom is 0.131 e. The van der Waals surface area contributed by atoms with Gasteiger partial charge in [0.2, 0.25) is 0 Å². The Balaban J connectivity index is 2.87. The van der Waals surface area contributed by atoms with Crippen LogP contribution in [0.15, 0.2) is 23.2 Å². The summed E-state index contributed by atoms with van der Waals surface area (Å²) in [7, 11) is 3.20. The molecule has 0 radical (unpaired) electrons. The molecule has 0 amide bonds. The first-order valence-electron chi connectivity index (χ1n) is 4.64. The van der Waals surface area contributed by atoms with Gasteiger partial charge in [-0.25, -0.2) is 0 Å². The summed E-state index contributed by atoms with van der Waals surface area (Å²) in [6.45, 7) is 0.449. The van der Waals surface area contributed by atoms with Gasteiger partial charge in [0.15, 0.2) is 0 Å². The average Bonchev–Trinajstić information content (AvgIpc) is 2.29. The van der Waals surface area contributed by atoms with E-state index >= 15 is 0 Å². The minimum atomic E-state index is 0.0506. The predicted molar refractivity (Wildman–Crippen MR) is 59.1 cm³/mol. The molecule has 0 aromatic heterocycles. The summed E-state index contributed by atoms with van der Waals surface area (Å²) in [5, 5.41) is 8.59. The minimum Gasteiger partial charge on any atom is -0.497 e. The molecule has 0 aliphatic carbocycles. The highest BCUT2D eigenvalue weighted by Gasteiger charge is 2.01. The molecule has 1 aromatic rings. The van der Waals surface area contributed by atoms with E-state index in [1.54, 1.807) is 26.5 Å². The number of nitrogens with zero attached hydrogens (tertiary/aromatic N) is 1. The molecule has 0 atom stereocenters. The van der Waals surface area contributed by atoms with E-state index in [0.717, 1.165) is 11.3 Å². The van der Waals surface area contributed by atoms with Crippen LogP contribution in [-0.2, 0) is 0 Å². The van der Waals surface area contributed by atoms with Crippen LogP contribution < -0.4 is 9.47 Å². The van der Waals surface area contributed by atoms with Crippen LogP contribution in [0.4, 0.5) is 0 Å². The van der Waals surface area contributed by atoms with Gasteiger partial charge >= 0.3 is 0 Å². The van der Waals surface area contributed by atoms with E-state index in [1.807, 2.05) is 12.1 Å². The molecule has 0 saturated heterocycles. The van der Waals surface area contributed by atoms with E-state index in [0.29, 0.717) is 12.3 Å². The highest BCUT2D eigenvalue weighted by Crippen LogP contribution is 2.22. The van der Waals surface area contributed by atoms with Crippen LogP contribution in [0, 0.1) is 0 Å². The number of hydrogen-bond donors (Lipinski definition) is 1. The second-order valence-corrected chi connectivity index (χ2v) is 2.87. The summed E-state index contributed by atoms with van der Waals surface area (Å²) in [5.41, 5.74) is 0.867. The zero-order chi connectivity index (χ0) is 11.1. The lowest BCUT2D eigenvalue weighted by Gasteiger charge is -2.06. The number of aliphatic imine (C=N–C) groups is 1. The first kappa shape index (κ1) is 11.5. The van der Waals surface area contributed by atoms with Gasteiger partial charge in [0.25, 0.3) is 0 Å². The average molecular weight is 209 g/mol. The topological polar surface area (TPSA) is 51.0 Å². The van der Waals surface area contributed by atoms with Crippen molar-refractivity contribution < 1.29 is 14.6 Å². The summed E-state index contributed by atoms with van der Waals surface area (Å²) < 4.78 is 10.3. The molecule has 0 saturated carbocycles. The molecule has 82 valence electrons. The van der Waals surface area contributed by atoms with Gasteiger partial charge in [0.1, 0.15) is 11.5 Å². The van der Waals surface area contributed by atoms with Gasteiger partial charge in [-0.15, -0.1) is 0 Å². The molecule has 4 heteroatoms. The number of rotatable bonds is 5. The molecule has 1 rings (SSSR count). The fourth-order valence-electron chi connectivity index (χ4n) is 1.15. The monoisotopic (exact) mass is 209 g/mol. The molecule has 1 N–H and O–H groups in total. The van der Waals surface area contributed by atoms with Crippen molar-refractivity contribution in [2.45, 2.75) is 0 Å². The number of ether oxygens (including phenoxy) is 2. The second-order valence-electron chi connectivity index (χ2n) is 2.87. The second kappa shape index (κ2) is 6.03. The maximum atomic E-state index is 8.59. The van der Waals surface area contributed by atoms with E-state index < -0.39 is 0 Å². The van der Waals surface area contributed by atoms with Gasteiger partial charge in [0.05, 0.1) is 27.4 Å². The third-order valence-electron chi connectivity index (χ3n) is 1.90. The molecular weight excluding hydrogens is 194 g/mol. The van der Waals surface area contributed by atoms with Gasteiger partial charge in [-0.1, -0.05) is 0 Å². The zero-order valence-corrected chi connectivity index (χ0v) is 8.93. The van der Waals surface area contributed by atoms with E-state index in [9.17, 15) is 0 Å². The lowest BCUT2D eigenvalue weighted by atomic mass is 10.2. The molecule has 1 aromatic carbocycles. The van der Waals surface area contributed by atoms with Crippen LogP contribution in [0.2, 0.25) is 0 Å². The van der Waals surface area contributed by atoms with Crippen molar-refractivity contribution in [2.75, 3.05) is 27.4 Å². The van der Waals surface area contributed by atoms with Crippen molar-refractivity contribution >= 4 is 6.21 Å². The van der Waals surface area contributed by atoms with Gasteiger partial charge in [-0.2, -0.15) is 0 Å². The Morgan fingerprint density at radius 1 is 1.33 bits per heavy atom. The lowest BCUT2D eigenvalue weighted by molar-refractivity contribution is 0.307. The number of methoxy groups -OCH3 is 2. The third-order valence-corrected chi connectivity index (χ3v) is 1.90. The van der Waals surface area contributed by atoms with Gasteiger partial charge in [-0.05, 0) is 12.1 Å². The predicted octanol–water partition coefficient (Wildman–Crippen LogP) is 1.11. The number of aliphatic hydroxyl groups is 1. The van der Waals surface area contributed by atoms with Crippen LogP contribution in [0.5, 0.6) is 11.5 Å². The molecule has 4 nitrogen and oxygen atoms in total. The van der Waals surface area contributed by atoms with Crippen molar-refractivity contribution in [1.82, 2.24) is 0 Å². The molecule has 0 bridgehead atoms. The van der Waals surface area contributed by atoms with Crippen molar-refractivity contribution in [2.24, 2.45) is 4.99 Å². The van der Waals surface area contributed by atoms with Crippen LogP contribution >= 0.6 is 0 Å². The Bertz CT molecular complexity index is 337. The highest BCUT2D eigenvalue weighted by molar-refractivity contribution is 5.83. The first-order chi connectivity index (χ1) is 7.31. The van der Waals surface area contributed by atoms with Gasteiger partial charge in [0, 0.05) is 17.8 Å². The maximum absolute atomic E-state index is 8.59. The fourth-order valence-corrected chi connectivity index (χ4v) is 1.15. The molecule has 0 unspecified atom stereocenters. The molecule has 0 aliphatic heterocycles. The Morgan fingerprint density at radius 2 is 2.13 bits per heavy atom. The summed E-state index contributed by atoms with van der Waals surface area (Å²) in [5.74, 6) is 1.45. The lowest BCUT2D eigenvalue weighted by Crippen LogP contribution is -1.94. The Hall–Kier alpha value is -1.55. The molecular formula is C11H15NO3. The van der Waals surface area contributed by atoms with E-state index in [-0.39, 0.29) is 6.61 Å². The molecule has 0 aliphatic rings. The molecule has 15 heavy (non-hydrogen) atoms. The van der Waals surface area contributed by atoms with Crippen molar-refractivity contribution in [3.63, 3.8) is 0 Å². The van der Waals surface area contributed by atoms with Crippen LogP contribution in [-0.4, -0.2) is 38.7 Å². The summed E-state index contributed by atoms with van der Waals surface area (Å²) in [4.78, 5) is 4.03. The van der Waals surface area contributed by atoms with E-state index in [2.05, 4.69) is 4.99 Å². The fraction of sp³-hybridized carbons (Fsp3) is 0.364. The minimum absolute atomic E-state index is 0.0506. The number of hydrogen-bond acceptors (Lipinski definition) is 4. The van der Waals surface area contributed by atoms with Crippen molar-refractivity contribution in [3.8, 4) is 11.5 Å². The van der Waals surface area contributed by atoms with Crippen LogP contribution in [0.25, 0.3) is 0 Å². The smallest absolute Gasteiger partial charge is 0.131 e. The SMILES string of the molecule is COc1ccc(/C=N/CCO)c(OC)c1. The summed E-state index contributed by atoms with van der Waals surface area (Å²) in [6.07, 6.45) is 1.68. The largest absolute Gasteiger partial charge is 0.497 e. The van der Waals surface area contributed by atoms with Crippen molar-refractivity contribution in [3.05, 3.63) is 23.8 Å². The molecule has 0 heterocycles. The number of aliphatic hydroxyl groups excluding tert-OH is 1. The third kappa shape index (κ3) is 3.25. The standard InChI is InChI=1S/C11H15NO3/c1-14-10-4-3-9(8-12-5-6-13)11(7-10)15-2/h3-4,7-8,13H,5-6H2,1-2H3/b12-8+. The van der Waals surface area contributed by atoms with Crippen LogP contribution in [0.1, 0.15) is 5.56 Å². The van der Waals surface area contributed by atoms with Crippen molar-refractivity contribution in [1.29, 1.82) is 0 Å². The highest BCUT2D eigenvalue weighted by atomic mass is 16.5. The summed E-state index contributed by atoms with van der Waals surface area (Å²) >= 11 is 0.